The van der Waals surface area contributed by atoms with Gasteiger partial charge in [-0.3, -0.25) is 4.79 Å². The monoisotopic (exact) mass is 382 g/mol. The van der Waals surface area contributed by atoms with Gasteiger partial charge in [0.15, 0.2) is 17.3 Å². The van der Waals surface area contributed by atoms with E-state index in [1.165, 1.54) is 0 Å². The fourth-order valence-corrected chi connectivity index (χ4v) is 2.77. The van der Waals surface area contributed by atoms with Gasteiger partial charge in [-0.25, -0.2) is 0 Å². The van der Waals surface area contributed by atoms with Gasteiger partial charge in [0.25, 0.3) is 0 Å². The average Bonchev–Trinajstić information content (AvgIpc) is 3.00. The van der Waals surface area contributed by atoms with E-state index in [9.17, 15) is 4.79 Å². The van der Waals surface area contributed by atoms with E-state index in [0.717, 1.165) is 5.57 Å². The highest BCUT2D eigenvalue weighted by molar-refractivity contribution is 6.14. The lowest BCUT2D eigenvalue weighted by Crippen LogP contribution is -2.00. The van der Waals surface area contributed by atoms with Crippen molar-refractivity contribution < 1.29 is 28.5 Å². The van der Waals surface area contributed by atoms with Gasteiger partial charge in [-0.2, -0.15) is 0 Å². The van der Waals surface area contributed by atoms with E-state index in [2.05, 4.69) is 6.58 Å². The van der Waals surface area contributed by atoms with Gasteiger partial charge in [0.05, 0.1) is 26.9 Å². The Bertz CT molecular complexity index is 958. The van der Waals surface area contributed by atoms with Crippen LogP contribution in [0.3, 0.4) is 0 Å². The van der Waals surface area contributed by atoms with Crippen LogP contribution >= 0.6 is 0 Å². The number of ether oxygens (including phenoxy) is 5. The summed E-state index contributed by atoms with van der Waals surface area (Å²) in [6.45, 7) is 6.09. The van der Waals surface area contributed by atoms with Crippen LogP contribution in [0.4, 0.5) is 0 Å². The number of fused-ring (bicyclic) bond motifs is 1. The second kappa shape index (κ2) is 8.08. The molecule has 0 saturated carbocycles. The molecule has 0 aromatic heterocycles. The largest absolute Gasteiger partial charge is 0.496 e. The van der Waals surface area contributed by atoms with E-state index < -0.39 is 0 Å². The Morgan fingerprint density at radius 1 is 1.04 bits per heavy atom. The summed E-state index contributed by atoms with van der Waals surface area (Å²) in [4.78, 5) is 12.7. The van der Waals surface area contributed by atoms with Gasteiger partial charge in [-0.15, -0.1) is 0 Å². The van der Waals surface area contributed by atoms with Gasteiger partial charge >= 0.3 is 0 Å². The zero-order chi connectivity index (χ0) is 20.3. The Balaban J connectivity index is 1.93. The molecule has 1 heterocycles. The smallest absolute Gasteiger partial charge is 0.231 e. The predicted molar refractivity (Wildman–Crippen MR) is 106 cm³/mol. The molecule has 0 amide bonds. The molecular formula is C22H22O6. The highest BCUT2D eigenvalue weighted by atomic mass is 16.5. The number of rotatable bonds is 7. The van der Waals surface area contributed by atoms with Crippen molar-refractivity contribution in [3.8, 4) is 28.7 Å². The Hall–Kier alpha value is -3.41. The molecule has 28 heavy (non-hydrogen) atoms. The molecule has 0 aliphatic carbocycles. The van der Waals surface area contributed by atoms with Crippen molar-refractivity contribution in [2.45, 2.75) is 6.92 Å². The van der Waals surface area contributed by atoms with Crippen molar-refractivity contribution in [2.75, 3.05) is 27.9 Å². The highest BCUT2D eigenvalue weighted by Crippen LogP contribution is 2.39. The lowest BCUT2D eigenvalue weighted by atomic mass is 10.1. The highest BCUT2D eigenvalue weighted by Gasteiger charge is 2.28. The number of hydrogen-bond acceptors (Lipinski definition) is 6. The summed E-state index contributed by atoms with van der Waals surface area (Å²) in [5.41, 5.74) is 2.02. The molecule has 2 aromatic rings. The molecular weight excluding hydrogens is 360 g/mol. The van der Waals surface area contributed by atoms with Gasteiger partial charge in [0, 0.05) is 17.7 Å². The molecule has 0 spiro atoms. The van der Waals surface area contributed by atoms with Gasteiger partial charge in [-0.1, -0.05) is 6.58 Å². The molecule has 0 N–H and O–H groups in total. The minimum atomic E-state index is -0.210. The third-order valence-electron chi connectivity index (χ3n) is 4.15. The number of methoxy groups -OCH3 is 3. The molecule has 0 unspecified atom stereocenters. The lowest BCUT2D eigenvalue weighted by molar-refractivity contribution is 0.101. The van der Waals surface area contributed by atoms with E-state index >= 15 is 0 Å². The van der Waals surface area contributed by atoms with Crippen LogP contribution in [0.1, 0.15) is 22.8 Å². The van der Waals surface area contributed by atoms with Crippen LogP contribution in [-0.2, 0) is 0 Å². The predicted octanol–water partition coefficient (Wildman–Crippen LogP) is 4.28. The number of ketones is 1. The molecule has 0 saturated heterocycles. The first-order valence-electron chi connectivity index (χ1n) is 8.62. The summed E-state index contributed by atoms with van der Waals surface area (Å²) >= 11 is 0. The summed E-state index contributed by atoms with van der Waals surface area (Å²) < 4.78 is 27.4. The summed E-state index contributed by atoms with van der Waals surface area (Å²) in [6, 6.07) is 8.55. The van der Waals surface area contributed by atoms with Crippen molar-refractivity contribution >= 4 is 11.9 Å². The van der Waals surface area contributed by atoms with Gasteiger partial charge in [0.2, 0.25) is 5.78 Å². The Morgan fingerprint density at radius 3 is 2.36 bits per heavy atom. The fraction of sp³-hybridized carbons (Fsp3) is 0.227. The van der Waals surface area contributed by atoms with Gasteiger partial charge in [-0.05, 0) is 36.8 Å². The number of hydrogen-bond donors (Lipinski definition) is 0. The van der Waals surface area contributed by atoms with Crippen LogP contribution in [-0.4, -0.2) is 33.7 Å². The van der Waals surface area contributed by atoms with Crippen LogP contribution in [0, 0.1) is 0 Å². The van der Waals surface area contributed by atoms with Crippen LogP contribution in [0.5, 0.6) is 28.7 Å². The van der Waals surface area contributed by atoms with Crippen LogP contribution in [0.25, 0.3) is 6.08 Å². The third-order valence-corrected chi connectivity index (χ3v) is 4.15. The van der Waals surface area contributed by atoms with Crippen LogP contribution in [0.15, 0.2) is 48.2 Å². The average molecular weight is 382 g/mol. The van der Waals surface area contributed by atoms with E-state index in [-0.39, 0.29) is 11.5 Å². The maximum absolute atomic E-state index is 12.7. The molecule has 1 aliphatic heterocycles. The molecule has 0 bridgehead atoms. The van der Waals surface area contributed by atoms with E-state index in [1.54, 1.807) is 57.7 Å². The molecule has 3 rings (SSSR count). The standard InChI is InChI=1S/C22H22O6/c1-13(2)12-27-15-6-7-16-18(10-15)28-21(22(16)23)9-14-8-19(25-4)20(26-5)11-17(14)24-3/h6-11H,1,12H2,2-5H3/b21-9-. The Morgan fingerprint density at radius 2 is 1.71 bits per heavy atom. The third kappa shape index (κ3) is 3.81. The molecule has 2 aromatic carbocycles. The van der Waals surface area contributed by atoms with Crippen LogP contribution < -0.4 is 23.7 Å². The molecule has 0 radical (unpaired) electrons. The zero-order valence-corrected chi connectivity index (χ0v) is 16.3. The van der Waals surface area contributed by atoms with E-state index in [1.807, 2.05) is 6.92 Å². The zero-order valence-electron chi connectivity index (χ0n) is 16.3. The number of Topliss-reactive ketones (excluding diaryl/α,β-unsaturated/α-hetero) is 1. The molecule has 6 heteroatoms. The fourth-order valence-electron chi connectivity index (χ4n) is 2.77. The van der Waals surface area contributed by atoms with E-state index in [0.29, 0.717) is 46.5 Å². The maximum Gasteiger partial charge on any atom is 0.231 e. The first-order valence-corrected chi connectivity index (χ1v) is 8.62. The number of allylic oxidation sites excluding steroid dienone is 1. The lowest BCUT2D eigenvalue weighted by Gasteiger charge is -2.12. The molecule has 0 atom stereocenters. The summed E-state index contributed by atoms with van der Waals surface area (Å²) in [5, 5.41) is 0. The van der Waals surface area contributed by atoms with Crippen molar-refractivity contribution in [3.63, 3.8) is 0 Å². The first kappa shape index (κ1) is 19.4. The minimum absolute atomic E-state index is 0.192. The number of benzene rings is 2. The molecule has 146 valence electrons. The van der Waals surface area contributed by atoms with Crippen molar-refractivity contribution in [3.05, 3.63) is 59.4 Å². The second-order valence-corrected chi connectivity index (χ2v) is 6.29. The SMILES string of the molecule is C=C(C)COc1ccc2c(c1)O/C(=C\c1cc(OC)c(OC)cc1OC)C2=O. The number of carbonyl (C=O) groups excluding carboxylic acids is 1. The number of carbonyl (C=O) groups is 1. The molecule has 6 nitrogen and oxygen atoms in total. The first-order chi connectivity index (χ1) is 13.5. The summed E-state index contributed by atoms with van der Waals surface area (Å²) in [6.07, 6.45) is 1.62. The second-order valence-electron chi connectivity index (χ2n) is 6.29. The van der Waals surface area contributed by atoms with Crippen molar-refractivity contribution in [1.82, 2.24) is 0 Å². The molecule has 0 fully saturated rings. The van der Waals surface area contributed by atoms with Gasteiger partial charge in [0.1, 0.15) is 23.9 Å². The summed E-state index contributed by atoms with van der Waals surface area (Å²) in [7, 11) is 4.63. The topological polar surface area (TPSA) is 63.2 Å². The van der Waals surface area contributed by atoms with E-state index in [4.69, 9.17) is 23.7 Å². The normalized spacial score (nSPS) is 13.7. The van der Waals surface area contributed by atoms with Crippen molar-refractivity contribution in [1.29, 1.82) is 0 Å². The Kier molecular flexibility index (Phi) is 5.59. The Labute approximate surface area is 163 Å². The van der Waals surface area contributed by atoms with Crippen molar-refractivity contribution in [2.24, 2.45) is 0 Å². The molecule has 1 aliphatic rings. The minimum Gasteiger partial charge on any atom is -0.496 e. The van der Waals surface area contributed by atoms with Crippen LogP contribution in [0.2, 0.25) is 0 Å². The quantitative estimate of drug-likeness (QED) is 0.526. The maximum atomic E-state index is 12.7. The van der Waals surface area contributed by atoms with Gasteiger partial charge < -0.3 is 23.7 Å². The summed E-state index contributed by atoms with van der Waals surface area (Å²) in [5.74, 6) is 2.63.